The number of likely N-dealkylation sites (N-methyl/N-ethyl adjacent to an activating group) is 1. The zero-order chi connectivity index (χ0) is 13.0. The summed E-state index contributed by atoms with van der Waals surface area (Å²) < 4.78 is 11.2. The summed E-state index contributed by atoms with van der Waals surface area (Å²) in [6, 6.07) is 6.33. The van der Waals surface area contributed by atoms with Crippen molar-refractivity contribution in [3.8, 4) is 5.75 Å². The topological polar surface area (TPSA) is 30.5 Å². The molecule has 0 aromatic heterocycles. The van der Waals surface area contributed by atoms with Gasteiger partial charge in [0, 0.05) is 12.0 Å². The first kappa shape index (κ1) is 13.0. The normalized spacial score (nSPS) is 16.1. The smallest absolute Gasteiger partial charge is 0.124 e. The number of ether oxygens (including phenoxy) is 2. The van der Waals surface area contributed by atoms with Crippen LogP contribution in [0, 0.1) is 6.92 Å². The highest BCUT2D eigenvalue weighted by atomic mass is 16.5. The molecule has 2 rings (SSSR count). The Morgan fingerprint density at radius 1 is 1.44 bits per heavy atom. The molecule has 1 aliphatic rings. The minimum Gasteiger partial charge on any atom is -0.496 e. The van der Waals surface area contributed by atoms with Gasteiger partial charge < -0.3 is 14.8 Å². The molecule has 1 atom stereocenters. The van der Waals surface area contributed by atoms with E-state index in [4.69, 9.17) is 9.47 Å². The fourth-order valence-electron chi connectivity index (χ4n) is 2.29. The Hall–Kier alpha value is -1.48. The summed E-state index contributed by atoms with van der Waals surface area (Å²) in [5.41, 5.74) is 2.37. The van der Waals surface area contributed by atoms with Crippen LogP contribution in [0.5, 0.6) is 5.75 Å². The van der Waals surface area contributed by atoms with Crippen LogP contribution in [-0.2, 0) is 4.74 Å². The molecule has 98 valence electrons. The van der Waals surface area contributed by atoms with Crippen molar-refractivity contribution in [3.05, 3.63) is 41.2 Å². The third-order valence-corrected chi connectivity index (χ3v) is 3.12. The number of benzene rings is 1. The van der Waals surface area contributed by atoms with Crippen molar-refractivity contribution in [3.63, 3.8) is 0 Å². The van der Waals surface area contributed by atoms with Crippen LogP contribution in [0.3, 0.4) is 0 Å². The highest BCUT2D eigenvalue weighted by Crippen LogP contribution is 2.33. The first-order chi connectivity index (χ1) is 8.76. The first-order valence-electron chi connectivity index (χ1n) is 6.47. The lowest BCUT2D eigenvalue weighted by molar-refractivity contribution is 0.214. The van der Waals surface area contributed by atoms with Crippen LogP contribution in [0.4, 0.5) is 0 Å². The maximum absolute atomic E-state index is 5.70. The number of rotatable bonds is 5. The van der Waals surface area contributed by atoms with Gasteiger partial charge in [0.15, 0.2) is 0 Å². The highest BCUT2D eigenvalue weighted by Gasteiger charge is 2.23. The number of hydrogen-bond acceptors (Lipinski definition) is 3. The molecule has 3 heteroatoms. The summed E-state index contributed by atoms with van der Waals surface area (Å²) >= 11 is 0. The van der Waals surface area contributed by atoms with Gasteiger partial charge in [0.1, 0.15) is 11.5 Å². The van der Waals surface area contributed by atoms with Gasteiger partial charge in [0.25, 0.3) is 0 Å². The standard InChI is InChI=1S/C15H21NO2/c1-4-16-15(14-6-5-9-18-14)12-10-11(2)7-8-13(12)17-3/h6-8,10,15-16H,4-5,9H2,1-3H3. The molecule has 1 N–H and O–H groups in total. The van der Waals surface area contributed by atoms with Crippen LogP contribution in [0.2, 0.25) is 0 Å². The molecule has 0 saturated heterocycles. The van der Waals surface area contributed by atoms with E-state index in [-0.39, 0.29) is 6.04 Å². The van der Waals surface area contributed by atoms with Crippen molar-refractivity contribution in [1.29, 1.82) is 0 Å². The molecule has 0 saturated carbocycles. The summed E-state index contributed by atoms with van der Waals surface area (Å²) in [4.78, 5) is 0. The summed E-state index contributed by atoms with van der Waals surface area (Å²) in [6.07, 6.45) is 3.15. The van der Waals surface area contributed by atoms with Gasteiger partial charge in [0.2, 0.25) is 0 Å². The van der Waals surface area contributed by atoms with Gasteiger partial charge in [-0.2, -0.15) is 0 Å². The second kappa shape index (κ2) is 5.91. The Morgan fingerprint density at radius 2 is 2.28 bits per heavy atom. The van der Waals surface area contributed by atoms with E-state index in [2.05, 4.69) is 37.4 Å². The molecule has 1 aromatic carbocycles. The molecule has 18 heavy (non-hydrogen) atoms. The van der Waals surface area contributed by atoms with Gasteiger partial charge in [0.05, 0.1) is 19.8 Å². The van der Waals surface area contributed by atoms with E-state index >= 15 is 0 Å². The lowest BCUT2D eigenvalue weighted by Crippen LogP contribution is -2.23. The Morgan fingerprint density at radius 3 is 2.89 bits per heavy atom. The number of aryl methyl sites for hydroxylation is 1. The third kappa shape index (κ3) is 2.67. The van der Waals surface area contributed by atoms with Gasteiger partial charge in [-0.05, 0) is 25.6 Å². The van der Waals surface area contributed by atoms with E-state index in [1.54, 1.807) is 7.11 Å². The third-order valence-electron chi connectivity index (χ3n) is 3.12. The van der Waals surface area contributed by atoms with Crippen LogP contribution in [0.15, 0.2) is 30.0 Å². The van der Waals surface area contributed by atoms with Crippen LogP contribution >= 0.6 is 0 Å². The first-order valence-corrected chi connectivity index (χ1v) is 6.47. The van der Waals surface area contributed by atoms with E-state index < -0.39 is 0 Å². The predicted molar refractivity (Wildman–Crippen MR) is 72.8 cm³/mol. The van der Waals surface area contributed by atoms with Crippen molar-refractivity contribution in [1.82, 2.24) is 5.32 Å². The summed E-state index contributed by atoms with van der Waals surface area (Å²) in [5, 5.41) is 3.47. The van der Waals surface area contributed by atoms with E-state index in [1.807, 2.05) is 6.07 Å². The molecule has 0 radical (unpaired) electrons. The SMILES string of the molecule is CCNC(C1=CCCO1)c1cc(C)ccc1OC. The van der Waals surface area contributed by atoms with Crippen LogP contribution in [0.25, 0.3) is 0 Å². The maximum atomic E-state index is 5.70. The Labute approximate surface area is 109 Å². The minimum atomic E-state index is 0.0901. The molecule has 0 fully saturated rings. The van der Waals surface area contributed by atoms with Gasteiger partial charge in [-0.3, -0.25) is 0 Å². The van der Waals surface area contributed by atoms with Gasteiger partial charge in [-0.25, -0.2) is 0 Å². The summed E-state index contributed by atoms with van der Waals surface area (Å²) in [5.74, 6) is 1.92. The monoisotopic (exact) mass is 247 g/mol. The maximum Gasteiger partial charge on any atom is 0.124 e. The molecule has 1 unspecified atom stereocenters. The van der Waals surface area contributed by atoms with Crippen molar-refractivity contribution in [2.45, 2.75) is 26.3 Å². The summed E-state index contributed by atoms with van der Waals surface area (Å²) in [6.45, 7) is 5.87. The molecular weight excluding hydrogens is 226 g/mol. The Balaban J connectivity index is 2.37. The average Bonchev–Trinajstić information content (AvgIpc) is 2.89. The van der Waals surface area contributed by atoms with E-state index in [1.165, 1.54) is 5.56 Å². The number of nitrogens with one attached hydrogen (secondary N) is 1. The largest absolute Gasteiger partial charge is 0.496 e. The molecule has 0 amide bonds. The van der Waals surface area contributed by atoms with Crippen LogP contribution < -0.4 is 10.1 Å². The van der Waals surface area contributed by atoms with E-state index in [9.17, 15) is 0 Å². The molecule has 0 aliphatic carbocycles. The molecule has 0 bridgehead atoms. The Kier molecular flexibility index (Phi) is 4.26. The minimum absolute atomic E-state index is 0.0901. The van der Waals surface area contributed by atoms with Crippen LogP contribution in [0.1, 0.15) is 30.5 Å². The molecular formula is C15H21NO2. The van der Waals surface area contributed by atoms with Crippen molar-refractivity contribution in [2.24, 2.45) is 0 Å². The molecule has 3 nitrogen and oxygen atoms in total. The second-order valence-electron chi connectivity index (χ2n) is 4.48. The van der Waals surface area contributed by atoms with Gasteiger partial charge in [-0.15, -0.1) is 0 Å². The zero-order valence-corrected chi connectivity index (χ0v) is 11.3. The van der Waals surface area contributed by atoms with Crippen molar-refractivity contribution in [2.75, 3.05) is 20.3 Å². The van der Waals surface area contributed by atoms with Gasteiger partial charge in [-0.1, -0.05) is 24.6 Å². The lowest BCUT2D eigenvalue weighted by Gasteiger charge is -2.22. The zero-order valence-electron chi connectivity index (χ0n) is 11.3. The van der Waals surface area contributed by atoms with Crippen molar-refractivity contribution < 1.29 is 9.47 Å². The van der Waals surface area contributed by atoms with Crippen LogP contribution in [-0.4, -0.2) is 20.3 Å². The van der Waals surface area contributed by atoms with Crippen molar-refractivity contribution >= 4 is 0 Å². The quantitative estimate of drug-likeness (QED) is 0.867. The van der Waals surface area contributed by atoms with Gasteiger partial charge >= 0.3 is 0 Å². The molecule has 1 heterocycles. The highest BCUT2D eigenvalue weighted by molar-refractivity contribution is 5.42. The average molecular weight is 247 g/mol. The fourth-order valence-corrected chi connectivity index (χ4v) is 2.29. The molecule has 1 aromatic rings. The second-order valence-corrected chi connectivity index (χ2v) is 4.48. The Bertz CT molecular complexity index is 440. The summed E-state index contributed by atoms with van der Waals surface area (Å²) in [7, 11) is 1.71. The number of hydrogen-bond donors (Lipinski definition) is 1. The molecule has 0 spiro atoms. The number of methoxy groups -OCH3 is 1. The molecule has 1 aliphatic heterocycles. The van der Waals surface area contributed by atoms with E-state index in [0.29, 0.717) is 0 Å². The van der Waals surface area contributed by atoms with E-state index in [0.717, 1.165) is 36.6 Å². The lowest BCUT2D eigenvalue weighted by atomic mass is 10.0. The predicted octanol–water partition coefficient (Wildman–Crippen LogP) is 2.96. The fraction of sp³-hybridized carbons (Fsp3) is 0.467.